The van der Waals surface area contributed by atoms with E-state index in [1.807, 2.05) is 5.38 Å². The molecule has 170 valence electrons. The van der Waals surface area contributed by atoms with Crippen LogP contribution in [0.15, 0.2) is 48.1 Å². The number of urea groups is 1. The number of hydrogen-bond acceptors (Lipinski definition) is 6. The zero-order valence-electron chi connectivity index (χ0n) is 16.8. The van der Waals surface area contributed by atoms with Gasteiger partial charge in [-0.2, -0.15) is 13.2 Å². The molecule has 2 amide bonds. The van der Waals surface area contributed by atoms with Gasteiger partial charge >= 0.3 is 12.2 Å². The number of hydrogen-bond donors (Lipinski definition) is 3. The molecule has 0 aliphatic carbocycles. The lowest BCUT2D eigenvalue weighted by Gasteiger charge is -2.14. The van der Waals surface area contributed by atoms with E-state index < -0.39 is 29.3 Å². The van der Waals surface area contributed by atoms with Crippen molar-refractivity contribution in [2.75, 3.05) is 23.5 Å². The average Bonchev–Trinajstić information content (AvgIpc) is 3.20. The van der Waals surface area contributed by atoms with Crippen molar-refractivity contribution in [3.05, 3.63) is 59.5 Å². The molecule has 33 heavy (non-hydrogen) atoms. The molecule has 7 nitrogen and oxygen atoms in total. The number of thiophene rings is 1. The summed E-state index contributed by atoms with van der Waals surface area (Å²) in [5, 5.41) is 7.08. The highest BCUT2D eigenvalue weighted by Gasteiger charge is 2.31. The topological polar surface area (TPSA) is 102 Å². The largest absolute Gasteiger partial charge is 0.495 e. The highest BCUT2D eigenvalue weighted by atomic mass is 32.1. The number of aromatic nitrogens is 2. The summed E-state index contributed by atoms with van der Waals surface area (Å²) >= 11 is 1.39. The van der Waals surface area contributed by atoms with Crippen molar-refractivity contribution in [2.45, 2.75) is 6.18 Å². The summed E-state index contributed by atoms with van der Waals surface area (Å²) in [7, 11) is 1.39. The molecule has 0 spiro atoms. The summed E-state index contributed by atoms with van der Waals surface area (Å²) in [5.74, 6) is -0.425. The molecular weight excluding hydrogens is 462 g/mol. The Morgan fingerprint density at radius 3 is 2.58 bits per heavy atom. The number of ether oxygens (including phenoxy) is 1. The van der Waals surface area contributed by atoms with Crippen molar-refractivity contribution in [3.8, 4) is 16.9 Å². The second-order valence-electron chi connectivity index (χ2n) is 6.78. The first-order valence-electron chi connectivity index (χ1n) is 9.28. The van der Waals surface area contributed by atoms with Gasteiger partial charge in [-0.15, -0.1) is 11.3 Å². The second-order valence-corrected chi connectivity index (χ2v) is 7.63. The first kappa shape index (κ1) is 22.3. The van der Waals surface area contributed by atoms with Crippen LogP contribution in [-0.2, 0) is 6.18 Å². The third-order valence-corrected chi connectivity index (χ3v) is 5.59. The van der Waals surface area contributed by atoms with Gasteiger partial charge < -0.3 is 21.1 Å². The van der Waals surface area contributed by atoms with E-state index in [0.29, 0.717) is 34.2 Å². The molecule has 0 bridgehead atoms. The van der Waals surface area contributed by atoms with Crippen LogP contribution >= 0.6 is 11.3 Å². The summed E-state index contributed by atoms with van der Waals surface area (Å²) < 4.78 is 57.9. The Hall–Kier alpha value is -3.93. The lowest BCUT2D eigenvalue weighted by atomic mass is 10.0. The van der Waals surface area contributed by atoms with Crippen LogP contribution < -0.4 is 21.1 Å². The van der Waals surface area contributed by atoms with Gasteiger partial charge in [0.2, 0.25) is 0 Å². The number of nitrogen functional groups attached to an aromatic ring is 1. The van der Waals surface area contributed by atoms with Gasteiger partial charge in [0.25, 0.3) is 0 Å². The number of nitrogens with zero attached hydrogens (tertiary/aromatic N) is 2. The number of halogens is 4. The monoisotopic (exact) mass is 477 g/mol. The van der Waals surface area contributed by atoms with Crippen LogP contribution in [0.25, 0.3) is 21.3 Å². The number of rotatable bonds is 4. The molecule has 0 fully saturated rings. The highest BCUT2D eigenvalue weighted by Crippen LogP contribution is 2.38. The number of amides is 2. The summed E-state index contributed by atoms with van der Waals surface area (Å²) in [6.07, 6.45) is -3.31. The molecule has 0 radical (unpaired) electrons. The van der Waals surface area contributed by atoms with Crippen molar-refractivity contribution >= 4 is 44.8 Å². The first-order chi connectivity index (χ1) is 15.7. The minimum atomic E-state index is -4.68. The molecular formula is C21H15F4N5O2S. The van der Waals surface area contributed by atoms with Crippen LogP contribution in [-0.4, -0.2) is 23.1 Å². The maximum Gasteiger partial charge on any atom is 0.416 e. The van der Waals surface area contributed by atoms with Crippen LogP contribution in [0.4, 0.5) is 39.5 Å². The Labute approximate surface area is 188 Å². The minimum Gasteiger partial charge on any atom is -0.495 e. The predicted octanol–water partition coefficient (Wildman–Crippen LogP) is 5.75. The number of benzene rings is 2. The Balaban J connectivity index is 1.59. The normalized spacial score (nSPS) is 11.4. The van der Waals surface area contributed by atoms with E-state index in [0.717, 1.165) is 11.1 Å². The summed E-state index contributed by atoms with van der Waals surface area (Å²) in [5.41, 5.74) is 5.99. The summed E-state index contributed by atoms with van der Waals surface area (Å²) in [6, 6.07) is 5.67. The zero-order valence-corrected chi connectivity index (χ0v) is 17.6. The van der Waals surface area contributed by atoms with Gasteiger partial charge in [0.05, 0.1) is 29.4 Å². The zero-order chi connectivity index (χ0) is 23.8. The van der Waals surface area contributed by atoms with Crippen LogP contribution in [0, 0.1) is 5.82 Å². The summed E-state index contributed by atoms with van der Waals surface area (Å²) in [6.45, 7) is 0. The first-order valence-corrected chi connectivity index (χ1v) is 10.2. The molecule has 0 unspecified atom stereocenters. The fraction of sp³-hybridized carbons (Fsp3) is 0.0952. The fourth-order valence-electron chi connectivity index (χ4n) is 3.15. The average molecular weight is 477 g/mol. The molecule has 0 saturated carbocycles. The number of nitrogens with one attached hydrogen (secondary N) is 2. The standard InChI is InChI=1S/C21H15F4N5O2S/c1-32-16-6-10(12-8-33-19-17(12)18(26)27-9-28-19)2-5-14(16)29-20(31)30-15-7-11(21(23,24)25)3-4-13(15)22/h2-9H,1H3,(H2,26,27,28)(H2,29,30,31). The van der Waals surface area contributed by atoms with Crippen molar-refractivity contribution in [1.82, 2.24) is 9.97 Å². The lowest BCUT2D eigenvalue weighted by Crippen LogP contribution is -2.21. The summed E-state index contributed by atoms with van der Waals surface area (Å²) in [4.78, 5) is 21.2. The lowest BCUT2D eigenvalue weighted by molar-refractivity contribution is -0.137. The molecule has 0 aliphatic rings. The third kappa shape index (κ3) is 4.51. The van der Waals surface area contributed by atoms with Gasteiger partial charge in [0.1, 0.15) is 28.5 Å². The number of nitrogens with two attached hydrogens (primary N) is 1. The maximum atomic E-state index is 13.9. The van der Waals surface area contributed by atoms with Gasteiger partial charge in [-0.25, -0.2) is 19.2 Å². The molecule has 0 aliphatic heterocycles. The quantitative estimate of drug-likeness (QED) is 0.325. The number of anilines is 3. The maximum absolute atomic E-state index is 13.9. The van der Waals surface area contributed by atoms with Crippen LogP contribution in [0.1, 0.15) is 5.56 Å². The molecule has 4 N–H and O–H groups in total. The number of carbonyl (C=O) groups excluding carboxylic acids is 1. The van der Waals surface area contributed by atoms with Crippen LogP contribution in [0.2, 0.25) is 0 Å². The number of carbonyl (C=O) groups is 1. The Morgan fingerprint density at radius 2 is 1.85 bits per heavy atom. The van der Waals surface area contributed by atoms with Crippen molar-refractivity contribution in [2.24, 2.45) is 0 Å². The Bertz CT molecular complexity index is 1360. The SMILES string of the molecule is COc1cc(-c2csc3ncnc(N)c23)ccc1NC(=O)Nc1cc(C(F)(F)F)ccc1F. The molecule has 4 rings (SSSR count). The van der Waals surface area contributed by atoms with E-state index in [4.69, 9.17) is 10.5 Å². The van der Waals surface area contributed by atoms with Gasteiger partial charge in [-0.3, -0.25) is 0 Å². The van der Waals surface area contributed by atoms with E-state index in [1.54, 1.807) is 18.2 Å². The molecule has 2 heterocycles. The third-order valence-electron chi connectivity index (χ3n) is 4.70. The van der Waals surface area contributed by atoms with E-state index in [-0.39, 0.29) is 11.4 Å². The second kappa shape index (κ2) is 8.54. The Morgan fingerprint density at radius 1 is 1.09 bits per heavy atom. The van der Waals surface area contributed by atoms with Crippen molar-refractivity contribution in [1.29, 1.82) is 0 Å². The molecule has 0 saturated heterocycles. The number of methoxy groups -OCH3 is 1. The minimum absolute atomic E-state index is 0.217. The number of fused-ring (bicyclic) bond motifs is 1. The van der Waals surface area contributed by atoms with Gasteiger partial charge in [-0.05, 0) is 35.9 Å². The van der Waals surface area contributed by atoms with Crippen LogP contribution in [0.5, 0.6) is 5.75 Å². The van der Waals surface area contributed by atoms with Crippen molar-refractivity contribution in [3.63, 3.8) is 0 Å². The molecule has 2 aromatic heterocycles. The van der Waals surface area contributed by atoms with Crippen LogP contribution in [0.3, 0.4) is 0 Å². The predicted molar refractivity (Wildman–Crippen MR) is 118 cm³/mol. The van der Waals surface area contributed by atoms with E-state index in [2.05, 4.69) is 20.6 Å². The van der Waals surface area contributed by atoms with E-state index >= 15 is 0 Å². The van der Waals surface area contributed by atoms with Gasteiger partial charge in [0.15, 0.2) is 0 Å². The van der Waals surface area contributed by atoms with Gasteiger partial charge in [-0.1, -0.05) is 6.07 Å². The molecule has 2 aromatic carbocycles. The van der Waals surface area contributed by atoms with E-state index in [1.165, 1.54) is 24.8 Å². The molecule has 12 heteroatoms. The Kier molecular flexibility index (Phi) is 5.77. The highest BCUT2D eigenvalue weighted by molar-refractivity contribution is 7.17. The molecule has 4 aromatic rings. The fourth-order valence-corrected chi connectivity index (χ4v) is 4.07. The smallest absolute Gasteiger partial charge is 0.416 e. The van der Waals surface area contributed by atoms with E-state index in [9.17, 15) is 22.4 Å². The molecule has 0 atom stereocenters. The van der Waals surface area contributed by atoms with Gasteiger partial charge in [0, 0.05) is 10.9 Å². The van der Waals surface area contributed by atoms with Crippen molar-refractivity contribution < 1.29 is 27.1 Å². The number of alkyl halides is 3.